The minimum absolute atomic E-state index is 0.445. The second kappa shape index (κ2) is 3.16. The van der Waals surface area contributed by atoms with Crippen LogP contribution in [0.3, 0.4) is 0 Å². The van der Waals surface area contributed by atoms with E-state index in [1.54, 1.807) is 24.3 Å². The average molecular weight is 191 g/mol. The van der Waals surface area contributed by atoms with Crippen LogP contribution in [0.5, 0.6) is 0 Å². The molecule has 14 heavy (non-hydrogen) atoms. The maximum Gasteiger partial charge on any atom is 0.409 e. The molecule has 0 aromatic heterocycles. The first-order valence-electron chi connectivity index (χ1n) is 4.17. The normalized spacial score (nSPS) is 18.6. The highest BCUT2D eigenvalue weighted by Crippen LogP contribution is 2.32. The van der Waals surface area contributed by atoms with Gasteiger partial charge in [0, 0.05) is 5.56 Å². The van der Waals surface area contributed by atoms with Crippen molar-refractivity contribution in [1.82, 2.24) is 5.32 Å². The minimum atomic E-state index is -1.12. The Kier molecular flexibility index (Phi) is 1.98. The first kappa shape index (κ1) is 8.77. The monoisotopic (exact) mass is 191 g/mol. The van der Waals surface area contributed by atoms with Gasteiger partial charge in [0.15, 0.2) is 0 Å². The van der Waals surface area contributed by atoms with Crippen LogP contribution in [-0.4, -0.2) is 16.3 Å². The number of benzene rings is 1. The fourth-order valence-corrected chi connectivity index (χ4v) is 1.56. The maximum absolute atomic E-state index is 10.4. The second-order valence-electron chi connectivity index (χ2n) is 3.04. The molecule has 1 amide bonds. The molecule has 0 heterocycles. The van der Waals surface area contributed by atoms with Crippen LogP contribution >= 0.6 is 0 Å². The highest BCUT2D eigenvalue weighted by molar-refractivity contribution is 5.84. The molecular weight excluding hydrogens is 182 g/mol. The van der Waals surface area contributed by atoms with Gasteiger partial charge in [-0.2, -0.15) is 0 Å². The van der Waals surface area contributed by atoms with Gasteiger partial charge in [-0.3, -0.25) is 5.32 Å². The molecule has 0 bridgehead atoms. The Morgan fingerprint density at radius 1 is 1.36 bits per heavy atom. The zero-order valence-corrected chi connectivity index (χ0v) is 7.27. The van der Waals surface area contributed by atoms with Crippen molar-refractivity contribution < 1.29 is 15.0 Å². The highest BCUT2D eigenvalue weighted by Gasteiger charge is 2.21. The van der Waals surface area contributed by atoms with E-state index in [0.717, 1.165) is 11.1 Å². The lowest BCUT2D eigenvalue weighted by Crippen LogP contribution is -2.18. The molecule has 0 fully saturated rings. The number of hydrogen-bond acceptors (Lipinski definition) is 2. The molecule has 3 N–H and O–H groups in total. The van der Waals surface area contributed by atoms with E-state index in [2.05, 4.69) is 5.32 Å². The van der Waals surface area contributed by atoms with Gasteiger partial charge >= 0.3 is 6.09 Å². The van der Waals surface area contributed by atoms with E-state index in [9.17, 15) is 9.90 Å². The van der Waals surface area contributed by atoms with Crippen LogP contribution in [0.25, 0.3) is 5.70 Å². The first-order valence-corrected chi connectivity index (χ1v) is 4.17. The van der Waals surface area contributed by atoms with Gasteiger partial charge < -0.3 is 10.2 Å². The summed E-state index contributed by atoms with van der Waals surface area (Å²) >= 11 is 0. The molecule has 4 heteroatoms. The van der Waals surface area contributed by atoms with Crippen LogP contribution in [0.1, 0.15) is 17.2 Å². The van der Waals surface area contributed by atoms with Crippen LogP contribution in [-0.2, 0) is 0 Å². The predicted octanol–water partition coefficient (Wildman–Crippen LogP) is 1.34. The molecule has 2 rings (SSSR count). The van der Waals surface area contributed by atoms with E-state index in [4.69, 9.17) is 5.11 Å². The zero-order chi connectivity index (χ0) is 10.1. The second-order valence-corrected chi connectivity index (χ2v) is 3.04. The first-order chi connectivity index (χ1) is 6.68. The van der Waals surface area contributed by atoms with Crippen molar-refractivity contribution in [2.24, 2.45) is 0 Å². The molecule has 4 nitrogen and oxygen atoms in total. The summed E-state index contributed by atoms with van der Waals surface area (Å²) in [4.78, 5) is 10.4. The van der Waals surface area contributed by atoms with E-state index < -0.39 is 12.2 Å². The van der Waals surface area contributed by atoms with Gasteiger partial charge in [-0.25, -0.2) is 4.79 Å². The number of carboxylic acid groups (broad SMARTS) is 1. The lowest BCUT2D eigenvalue weighted by Gasteiger charge is -2.04. The Hall–Kier alpha value is -1.81. The Labute approximate surface area is 80.5 Å². The third-order valence-corrected chi connectivity index (χ3v) is 2.14. The minimum Gasteiger partial charge on any atom is -0.465 e. The molecule has 1 aromatic rings. The third-order valence-electron chi connectivity index (χ3n) is 2.14. The van der Waals surface area contributed by atoms with Crippen molar-refractivity contribution >= 4 is 11.8 Å². The number of aliphatic hydroxyl groups excluding tert-OH is 1. The topological polar surface area (TPSA) is 69.6 Å². The van der Waals surface area contributed by atoms with Crippen molar-refractivity contribution in [3.63, 3.8) is 0 Å². The number of aliphatic hydroxyl groups is 1. The van der Waals surface area contributed by atoms with Gasteiger partial charge in [-0.15, -0.1) is 0 Å². The number of nitrogens with one attached hydrogen (secondary N) is 1. The highest BCUT2D eigenvalue weighted by atomic mass is 16.4. The van der Waals surface area contributed by atoms with Gasteiger partial charge in [0.2, 0.25) is 0 Å². The molecular formula is C10H9NO3. The summed E-state index contributed by atoms with van der Waals surface area (Å²) in [6, 6.07) is 7.15. The lowest BCUT2D eigenvalue weighted by molar-refractivity contribution is 0.199. The molecule has 0 saturated carbocycles. The van der Waals surface area contributed by atoms with Crippen LogP contribution in [0, 0.1) is 0 Å². The number of carbonyl (C=O) groups is 1. The molecule has 0 spiro atoms. The average Bonchev–Trinajstić information content (AvgIpc) is 2.44. The maximum atomic E-state index is 10.4. The van der Waals surface area contributed by atoms with Crippen molar-refractivity contribution in [2.45, 2.75) is 6.10 Å². The summed E-state index contributed by atoms with van der Waals surface area (Å²) in [7, 11) is 0. The number of hydrogen-bond donors (Lipinski definition) is 3. The Balaban J connectivity index is 2.38. The van der Waals surface area contributed by atoms with Crippen LogP contribution in [0.4, 0.5) is 4.79 Å². The van der Waals surface area contributed by atoms with E-state index in [0.29, 0.717) is 5.70 Å². The van der Waals surface area contributed by atoms with Gasteiger partial charge in [-0.05, 0) is 11.6 Å². The molecule has 0 aliphatic heterocycles. The molecule has 72 valence electrons. The fourth-order valence-electron chi connectivity index (χ4n) is 1.56. The summed E-state index contributed by atoms with van der Waals surface area (Å²) in [6.07, 6.45) is -0.355. The fraction of sp³-hybridized carbons (Fsp3) is 0.100. The summed E-state index contributed by atoms with van der Waals surface area (Å²) in [6.45, 7) is 0. The van der Waals surface area contributed by atoms with E-state index in [-0.39, 0.29) is 0 Å². The van der Waals surface area contributed by atoms with Crippen molar-refractivity contribution in [3.05, 3.63) is 41.5 Å². The van der Waals surface area contributed by atoms with E-state index >= 15 is 0 Å². The summed E-state index contributed by atoms with van der Waals surface area (Å²) in [5.41, 5.74) is 1.92. The Morgan fingerprint density at radius 3 is 2.79 bits per heavy atom. The molecule has 1 unspecified atom stereocenters. The van der Waals surface area contributed by atoms with Gasteiger partial charge in [0.05, 0.1) is 5.70 Å². The van der Waals surface area contributed by atoms with Crippen LogP contribution in [0.15, 0.2) is 30.3 Å². The van der Waals surface area contributed by atoms with Crippen molar-refractivity contribution in [3.8, 4) is 0 Å². The lowest BCUT2D eigenvalue weighted by atomic mass is 10.1. The molecule has 1 aromatic carbocycles. The van der Waals surface area contributed by atoms with E-state index in [1.165, 1.54) is 6.08 Å². The molecule has 1 aliphatic carbocycles. The summed E-state index contributed by atoms with van der Waals surface area (Å²) in [5, 5.41) is 20.4. The van der Waals surface area contributed by atoms with Crippen LogP contribution in [0.2, 0.25) is 0 Å². The quantitative estimate of drug-likeness (QED) is 0.627. The SMILES string of the molecule is O=C(O)NC1=CC(O)c2ccccc21. The van der Waals surface area contributed by atoms with Crippen LogP contribution < -0.4 is 5.32 Å². The van der Waals surface area contributed by atoms with E-state index in [1.807, 2.05) is 0 Å². The molecule has 1 aliphatic rings. The molecule has 0 radical (unpaired) electrons. The smallest absolute Gasteiger partial charge is 0.409 e. The largest absolute Gasteiger partial charge is 0.465 e. The van der Waals surface area contributed by atoms with Crippen molar-refractivity contribution in [1.29, 1.82) is 0 Å². The molecule has 1 atom stereocenters. The van der Waals surface area contributed by atoms with Gasteiger partial charge in [0.1, 0.15) is 6.10 Å². The Morgan fingerprint density at radius 2 is 2.07 bits per heavy atom. The number of rotatable bonds is 1. The Bertz CT molecular complexity index is 412. The standard InChI is InChI=1S/C10H9NO3/c12-9-5-8(11-10(13)14)6-3-1-2-4-7(6)9/h1-5,9,11-12H,(H,13,14). The van der Waals surface area contributed by atoms with Crippen molar-refractivity contribution in [2.75, 3.05) is 0 Å². The van der Waals surface area contributed by atoms with Gasteiger partial charge in [-0.1, -0.05) is 24.3 Å². The number of fused-ring (bicyclic) bond motifs is 1. The summed E-state index contributed by atoms with van der Waals surface area (Å²) < 4.78 is 0. The van der Waals surface area contributed by atoms with Gasteiger partial charge in [0.25, 0.3) is 0 Å². The number of amides is 1. The zero-order valence-electron chi connectivity index (χ0n) is 7.27. The predicted molar refractivity (Wildman–Crippen MR) is 50.5 cm³/mol. The summed E-state index contributed by atoms with van der Waals surface area (Å²) in [5.74, 6) is 0. The molecule has 0 saturated heterocycles. The third kappa shape index (κ3) is 1.36.